The van der Waals surface area contributed by atoms with Gasteiger partial charge in [-0.2, -0.15) is 0 Å². The number of nitrogens with two attached hydrogens (primary N) is 1. The van der Waals surface area contributed by atoms with Crippen molar-refractivity contribution in [3.63, 3.8) is 0 Å². The van der Waals surface area contributed by atoms with Gasteiger partial charge in [-0.15, -0.1) is 0 Å². The molecule has 0 atom stereocenters. The van der Waals surface area contributed by atoms with Crippen molar-refractivity contribution in [2.45, 2.75) is 58.5 Å². The van der Waals surface area contributed by atoms with Crippen molar-refractivity contribution in [2.24, 2.45) is 5.73 Å². The Morgan fingerprint density at radius 3 is 2.16 bits per heavy atom. The van der Waals surface area contributed by atoms with Gasteiger partial charge < -0.3 is 5.73 Å². The summed E-state index contributed by atoms with van der Waals surface area (Å²) < 4.78 is 0. The van der Waals surface area contributed by atoms with Gasteiger partial charge in [0.1, 0.15) is 0 Å². The van der Waals surface area contributed by atoms with Crippen molar-refractivity contribution in [1.82, 2.24) is 4.90 Å². The van der Waals surface area contributed by atoms with E-state index in [1.807, 2.05) is 0 Å². The van der Waals surface area contributed by atoms with E-state index in [9.17, 15) is 0 Å². The molecule has 0 radical (unpaired) electrons. The molecule has 1 aliphatic carbocycles. The first-order chi connectivity index (χ1) is 9.09. The molecule has 2 N–H and O–H groups in total. The molecule has 19 heavy (non-hydrogen) atoms. The third kappa shape index (κ3) is 3.18. The summed E-state index contributed by atoms with van der Waals surface area (Å²) in [5.41, 5.74) is 10.5. The molecule has 1 aromatic carbocycles. The monoisotopic (exact) mass is 260 g/mol. The van der Waals surface area contributed by atoms with Crippen LogP contribution in [0.2, 0.25) is 0 Å². The largest absolute Gasteiger partial charge is 0.329 e. The van der Waals surface area contributed by atoms with Gasteiger partial charge in [0.05, 0.1) is 0 Å². The normalized spacial score (nSPS) is 18.2. The van der Waals surface area contributed by atoms with Crippen LogP contribution in [0.25, 0.3) is 0 Å². The third-order valence-electron chi connectivity index (χ3n) is 4.62. The Balaban J connectivity index is 2.18. The first-order valence-corrected chi connectivity index (χ1v) is 7.62. The van der Waals surface area contributed by atoms with Crippen LogP contribution in [0.1, 0.15) is 49.3 Å². The van der Waals surface area contributed by atoms with Crippen molar-refractivity contribution in [1.29, 1.82) is 0 Å². The fourth-order valence-corrected chi connectivity index (χ4v) is 3.68. The van der Waals surface area contributed by atoms with Gasteiger partial charge >= 0.3 is 0 Å². The molecule has 0 unspecified atom stereocenters. The quantitative estimate of drug-likeness (QED) is 0.879. The minimum Gasteiger partial charge on any atom is -0.329 e. The van der Waals surface area contributed by atoms with Crippen molar-refractivity contribution < 1.29 is 0 Å². The molecule has 2 rings (SSSR count). The molecule has 2 nitrogen and oxygen atoms in total. The van der Waals surface area contributed by atoms with Crippen LogP contribution in [0, 0.1) is 13.8 Å². The smallest absolute Gasteiger partial charge is 0.0335 e. The first kappa shape index (κ1) is 14.5. The lowest BCUT2D eigenvalue weighted by Crippen LogP contribution is -2.51. The summed E-state index contributed by atoms with van der Waals surface area (Å²) in [5.74, 6) is 0. The third-order valence-corrected chi connectivity index (χ3v) is 4.62. The Kier molecular flexibility index (Phi) is 4.64. The fraction of sp³-hybridized carbons (Fsp3) is 0.647. The van der Waals surface area contributed by atoms with E-state index >= 15 is 0 Å². The number of nitrogens with zero attached hydrogens (tertiary/aromatic N) is 1. The molecule has 0 aromatic heterocycles. The highest BCUT2D eigenvalue weighted by atomic mass is 15.2. The molecule has 0 aliphatic heterocycles. The van der Waals surface area contributed by atoms with E-state index in [1.54, 1.807) is 0 Å². The Morgan fingerprint density at radius 1 is 1.11 bits per heavy atom. The van der Waals surface area contributed by atoms with Gasteiger partial charge in [0, 0.05) is 18.6 Å². The molecule has 1 fully saturated rings. The predicted molar refractivity (Wildman–Crippen MR) is 82.3 cm³/mol. The van der Waals surface area contributed by atoms with Crippen molar-refractivity contribution in [3.8, 4) is 0 Å². The number of benzene rings is 1. The standard InChI is InChI=1S/C17H28N2/c1-4-19(17(13-18)7-5-6-8-17)12-16-10-14(2)9-15(3)11-16/h9-11H,4-8,12-13,18H2,1-3H3. The highest BCUT2D eigenvalue weighted by Crippen LogP contribution is 2.35. The second-order valence-corrected chi connectivity index (χ2v) is 6.15. The zero-order chi connectivity index (χ0) is 13.9. The molecule has 2 heteroatoms. The number of hydrogen-bond donors (Lipinski definition) is 1. The number of rotatable bonds is 5. The predicted octanol–water partition coefficient (Wildman–Crippen LogP) is 3.40. The maximum Gasteiger partial charge on any atom is 0.0335 e. The summed E-state index contributed by atoms with van der Waals surface area (Å²) in [7, 11) is 0. The van der Waals surface area contributed by atoms with Crippen LogP contribution in [0.5, 0.6) is 0 Å². The lowest BCUT2D eigenvalue weighted by Gasteiger charge is -2.40. The Morgan fingerprint density at radius 2 is 1.68 bits per heavy atom. The van der Waals surface area contributed by atoms with E-state index < -0.39 is 0 Å². The molecule has 1 aliphatic rings. The van der Waals surface area contributed by atoms with E-state index in [4.69, 9.17) is 5.73 Å². The first-order valence-electron chi connectivity index (χ1n) is 7.62. The van der Waals surface area contributed by atoms with Crippen LogP contribution in [0.3, 0.4) is 0 Å². The minimum atomic E-state index is 0.256. The second-order valence-electron chi connectivity index (χ2n) is 6.15. The number of hydrogen-bond acceptors (Lipinski definition) is 2. The van der Waals surface area contributed by atoms with Crippen LogP contribution in [-0.2, 0) is 6.54 Å². The fourth-order valence-electron chi connectivity index (χ4n) is 3.68. The van der Waals surface area contributed by atoms with Gasteiger partial charge in [0.15, 0.2) is 0 Å². The van der Waals surface area contributed by atoms with Crippen LogP contribution in [0.4, 0.5) is 0 Å². The topological polar surface area (TPSA) is 29.3 Å². The van der Waals surface area contributed by atoms with Crippen LogP contribution in [-0.4, -0.2) is 23.5 Å². The summed E-state index contributed by atoms with van der Waals surface area (Å²) in [6.07, 6.45) is 5.20. The maximum absolute atomic E-state index is 6.12. The highest BCUT2D eigenvalue weighted by molar-refractivity contribution is 5.28. The SMILES string of the molecule is CCN(Cc1cc(C)cc(C)c1)C1(CN)CCCC1. The van der Waals surface area contributed by atoms with E-state index in [1.165, 1.54) is 42.4 Å². The zero-order valence-electron chi connectivity index (χ0n) is 12.7. The molecule has 1 aromatic rings. The molecule has 106 valence electrons. The molecule has 0 spiro atoms. The molecular formula is C17H28N2. The second kappa shape index (κ2) is 6.06. The molecule has 0 bridgehead atoms. The lowest BCUT2D eigenvalue weighted by molar-refractivity contribution is 0.0970. The molecule has 1 saturated carbocycles. The average Bonchev–Trinajstić information content (AvgIpc) is 2.84. The van der Waals surface area contributed by atoms with Crippen molar-refractivity contribution >= 4 is 0 Å². The lowest BCUT2D eigenvalue weighted by atomic mass is 9.94. The molecule has 0 amide bonds. The van der Waals surface area contributed by atoms with Gasteiger partial charge in [-0.25, -0.2) is 0 Å². The minimum absolute atomic E-state index is 0.256. The molecule has 0 saturated heterocycles. The van der Waals surface area contributed by atoms with Gasteiger partial charge in [0.25, 0.3) is 0 Å². The van der Waals surface area contributed by atoms with Crippen molar-refractivity contribution in [3.05, 3.63) is 34.9 Å². The summed E-state index contributed by atoms with van der Waals surface area (Å²) in [6.45, 7) is 9.55. The zero-order valence-corrected chi connectivity index (χ0v) is 12.7. The van der Waals surface area contributed by atoms with E-state index in [2.05, 4.69) is 43.9 Å². The van der Waals surface area contributed by atoms with E-state index in [-0.39, 0.29) is 5.54 Å². The Hall–Kier alpha value is -0.860. The average molecular weight is 260 g/mol. The highest BCUT2D eigenvalue weighted by Gasteiger charge is 2.37. The Bertz CT molecular complexity index is 399. The van der Waals surface area contributed by atoms with E-state index in [0.29, 0.717) is 0 Å². The van der Waals surface area contributed by atoms with Crippen LogP contribution >= 0.6 is 0 Å². The molecular weight excluding hydrogens is 232 g/mol. The van der Waals surface area contributed by atoms with Gasteiger partial charge in [-0.1, -0.05) is 49.1 Å². The maximum atomic E-state index is 6.12. The molecule has 0 heterocycles. The summed E-state index contributed by atoms with van der Waals surface area (Å²) in [4.78, 5) is 2.61. The number of aryl methyl sites for hydroxylation is 2. The van der Waals surface area contributed by atoms with Crippen molar-refractivity contribution in [2.75, 3.05) is 13.1 Å². The summed E-state index contributed by atoms with van der Waals surface area (Å²) in [6, 6.07) is 6.87. The summed E-state index contributed by atoms with van der Waals surface area (Å²) >= 11 is 0. The van der Waals surface area contributed by atoms with Crippen LogP contribution in [0.15, 0.2) is 18.2 Å². The van der Waals surface area contributed by atoms with Gasteiger partial charge in [0.2, 0.25) is 0 Å². The van der Waals surface area contributed by atoms with Gasteiger partial charge in [-0.05, 0) is 38.8 Å². The van der Waals surface area contributed by atoms with Crippen LogP contribution < -0.4 is 5.73 Å². The number of likely N-dealkylation sites (N-methyl/N-ethyl adjacent to an activating group) is 1. The van der Waals surface area contributed by atoms with E-state index in [0.717, 1.165) is 19.6 Å². The van der Waals surface area contributed by atoms with Gasteiger partial charge in [-0.3, -0.25) is 4.90 Å². The Labute approximate surface area is 118 Å². The summed E-state index contributed by atoms with van der Waals surface area (Å²) in [5, 5.41) is 0.